The molecule has 0 aliphatic carbocycles. The van der Waals surface area contributed by atoms with Gasteiger partial charge in [0.2, 0.25) is 0 Å². The van der Waals surface area contributed by atoms with Crippen LogP contribution in [-0.2, 0) is 15.8 Å². The lowest BCUT2D eigenvalue weighted by molar-refractivity contribution is 0.255. The van der Waals surface area contributed by atoms with Crippen molar-refractivity contribution in [2.24, 2.45) is 0 Å². The average molecular weight is 392 g/mol. The molecule has 1 rings (SSSR count). The first kappa shape index (κ1) is 22.6. The molecule has 3 nitrogen and oxygen atoms in total. The van der Waals surface area contributed by atoms with Gasteiger partial charge in [-0.05, 0) is 56.6 Å². The highest BCUT2D eigenvalue weighted by atomic mass is 32.2. The minimum absolute atomic E-state index is 0.00785. The molecule has 0 aromatic heterocycles. The van der Waals surface area contributed by atoms with Crippen LogP contribution >= 0.6 is 0 Å². The van der Waals surface area contributed by atoms with Crippen LogP contribution in [0.25, 0.3) is 0 Å². The van der Waals surface area contributed by atoms with E-state index in [2.05, 4.69) is 38.6 Å². The highest BCUT2D eigenvalue weighted by Gasteiger charge is 2.38. The van der Waals surface area contributed by atoms with Gasteiger partial charge in [0.15, 0.2) is 8.32 Å². The molecule has 0 saturated carbocycles. The molecule has 25 heavy (non-hydrogen) atoms. The zero-order valence-electron chi connectivity index (χ0n) is 16.5. The van der Waals surface area contributed by atoms with Crippen LogP contribution in [0.15, 0.2) is 18.2 Å². The average Bonchev–Trinajstić information content (AvgIpc) is 2.39. The van der Waals surface area contributed by atoms with Crippen LogP contribution in [0, 0.1) is 11.6 Å². The predicted octanol–water partition coefficient (Wildman–Crippen LogP) is 5.08. The van der Waals surface area contributed by atoms with Crippen LogP contribution in [0.5, 0.6) is 0 Å². The maximum absolute atomic E-state index is 13.6. The summed E-state index contributed by atoms with van der Waals surface area (Å²) in [4.78, 5) is 0. The van der Waals surface area contributed by atoms with Gasteiger partial charge in [-0.3, -0.25) is 0 Å². The van der Waals surface area contributed by atoms with Gasteiger partial charge >= 0.3 is 0 Å². The van der Waals surface area contributed by atoms with Gasteiger partial charge in [0, 0.05) is 17.4 Å². The van der Waals surface area contributed by atoms with Crippen molar-refractivity contribution < 1.29 is 17.8 Å². The molecule has 0 radical (unpaired) electrons. The number of rotatable bonds is 6. The molecule has 2 atom stereocenters. The van der Waals surface area contributed by atoms with E-state index < -0.39 is 42.1 Å². The van der Waals surface area contributed by atoms with Crippen LogP contribution in [-0.4, -0.2) is 24.2 Å². The smallest absolute Gasteiger partial charge is 0.192 e. The molecule has 0 saturated heterocycles. The van der Waals surface area contributed by atoms with Gasteiger partial charge in [-0.15, -0.1) is 4.72 Å². The van der Waals surface area contributed by atoms with E-state index in [9.17, 15) is 13.3 Å². The van der Waals surface area contributed by atoms with Crippen molar-refractivity contribution in [3.8, 4) is 0 Å². The van der Waals surface area contributed by atoms with Gasteiger partial charge in [0.1, 0.15) is 16.4 Å². The first-order valence-electron chi connectivity index (χ1n) is 8.41. The Morgan fingerprint density at radius 3 is 1.96 bits per heavy atom. The van der Waals surface area contributed by atoms with Crippen molar-refractivity contribution in [1.82, 2.24) is 4.72 Å². The molecule has 0 heterocycles. The summed E-state index contributed by atoms with van der Waals surface area (Å²) in [5, 5.41) is 0.00785. The second kappa shape index (κ2) is 8.04. The van der Waals surface area contributed by atoms with Crippen LogP contribution in [0.3, 0.4) is 0 Å². The number of benzene rings is 1. The van der Waals surface area contributed by atoms with Gasteiger partial charge in [-0.2, -0.15) is 0 Å². The molecule has 1 aromatic rings. The van der Waals surface area contributed by atoms with E-state index >= 15 is 0 Å². The summed E-state index contributed by atoms with van der Waals surface area (Å²) in [7, 11) is -2.05. The largest absolute Gasteiger partial charge is 0.598 e. The van der Waals surface area contributed by atoms with E-state index in [4.69, 9.17) is 4.43 Å². The molecule has 0 spiro atoms. The molecule has 0 aliphatic heterocycles. The highest BCUT2D eigenvalue weighted by Crippen LogP contribution is 2.37. The fraction of sp³-hybridized carbons (Fsp3) is 0.667. The monoisotopic (exact) mass is 391 g/mol. The van der Waals surface area contributed by atoms with Crippen molar-refractivity contribution in [2.75, 3.05) is 6.61 Å². The maximum Gasteiger partial charge on any atom is 0.192 e. The second-order valence-electron chi connectivity index (χ2n) is 8.83. The minimum Gasteiger partial charge on any atom is -0.598 e. The molecule has 1 N–H and O–H groups in total. The van der Waals surface area contributed by atoms with Gasteiger partial charge in [-0.25, -0.2) is 8.78 Å². The molecule has 0 amide bonds. The number of nitrogens with one attached hydrogen (secondary N) is 1. The highest BCUT2D eigenvalue weighted by molar-refractivity contribution is 7.90. The molecule has 1 aromatic carbocycles. The number of hydrogen-bond acceptors (Lipinski definition) is 3. The minimum atomic E-state index is -2.05. The Bertz CT molecular complexity index is 565. The first-order chi connectivity index (χ1) is 11.1. The summed E-state index contributed by atoms with van der Waals surface area (Å²) in [5.41, 5.74) is 0.397. The summed E-state index contributed by atoms with van der Waals surface area (Å²) in [6, 6.07) is 2.79. The van der Waals surface area contributed by atoms with Crippen LogP contribution in [0.1, 0.15) is 53.1 Å². The van der Waals surface area contributed by atoms with E-state index in [0.29, 0.717) is 5.56 Å². The van der Waals surface area contributed by atoms with Crippen molar-refractivity contribution in [3.05, 3.63) is 35.4 Å². The third-order valence-corrected chi connectivity index (χ3v) is 10.6. The van der Waals surface area contributed by atoms with Crippen molar-refractivity contribution in [1.29, 1.82) is 0 Å². The maximum atomic E-state index is 13.6. The Morgan fingerprint density at radius 2 is 1.56 bits per heavy atom. The molecule has 0 fully saturated rings. The topological polar surface area (TPSA) is 44.3 Å². The fourth-order valence-corrected chi connectivity index (χ4v) is 3.62. The lowest BCUT2D eigenvalue weighted by Gasteiger charge is -2.37. The molecule has 0 unspecified atom stereocenters. The molecular weight excluding hydrogens is 360 g/mol. The van der Waals surface area contributed by atoms with E-state index in [1.807, 2.05) is 20.8 Å². The van der Waals surface area contributed by atoms with Gasteiger partial charge in [-0.1, -0.05) is 20.8 Å². The van der Waals surface area contributed by atoms with Crippen LogP contribution in [0.2, 0.25) is 18.1 Å². The Labute approximate surface area is 155 Å². The van der Waals surface area contributed by atoms with Gasteiger partial charge in [0.05, 0.1) is 12.6 Å². The Balaban J connectivity index is 3.07. The van der Waals surface area contributed by atoms with Crippen molar-refractivity contribution in [3.63, 3.8) is 0 Å². The summed E-state index contributed by atoms with van der Waals surface area (Å²) in [5.74, 6) is -1.31. The summed E-state index contributed by atoms with van der Waals surface area (Å²) < 4.78 is 48.5. The predicted molar refractivity (Wildman–Crippen MR) is 103 cm³/mol. The quantitative estimate of drug-likeness (QED) is 0.543. The molecule has 0 bridgehead atoms. The third kappa shape index (κ3) is 6.64. The Hall–Kier alpha value is -0.473. The Morgan fingerprint density at radius 1 is 1.08 bits per heavy atom. The van der Waals surface area contributed by atoms with E-state index in [0.717, 1.165) is 6.07 Å². The lowest BCUT2D eigenvalue weighted by Crippen LogP contribution is -2.46. The van der Waals surface area contributed by atoms with Gasteiger partial charge < -0.3 is 8.98 Å². The summed E-state index contributed by atoms with van der Waals surface area (Å²) in [6.45, 7) is 16.3. The normalized spacial score (nSPS) is 16.0. The first-order valence-corrected chi connectivity index (χ1v) is 12.5. The third-order valence-electron chi connectivity index (χ3n) is 4.51. The zero-order valence-corrected chi connectivity index (χ0v) is 18.3. The SMILES string of the molecule is CC(C)(C)[S@+]([O-])N[C@@H](CO[Si](C)(C)C(C)(C)C)c1cc(F)cc(F)c1. The van der Waals surface area contributed by atoms with E-state index in [-0.39, 0.29) is 11.6 Å². The van der Waals surface area contributed by atoms with E-state index in [1.165, 1.54) is 12.1 Å². The summed E-state index contributed by atoms with van der Waals surface area (Å²) in [6.07, 6.45) is 0. The summed E-state index contributed by atoms with van der Waals surface area (Å²) >= 11 is -1.39. The standard InChI is InChI=1S/C18H31F2NO2SSi/c1-17(2,3)24(22)21-16(12-23-25(7,8)18(4,5)6)13-9-14(19)11-15(20)10-13/h9-11,16,21H,12H2,1-8H3/t16-,24-/m0/s1. The molecule has 7 heteroatoms. The number of hydrogen-bond donors (Lipinski definition) is 1. The lowest BCUT2D eigenvalue weighted by atomic mass is 10.1. The number of halogens is 2. The molecule has 0 aliphatic rings. The Kier molecular flexibility index (Phi) is 7.26. The van der Waals surface area contributed by atoms with Crippen LogP contribution < -0.4 is 4.72 Å². The second-order valence-corrected chi connectivity index (χ2v) is 15.6. The van der Waals surface area contributed by atoms with Crippen LogP contribution in [0.4, 0.5) is 8.78 Å². The molecule has 144 valence electrons. The molecular formula is C18H31F2NO2SSi. The zero-order chi connectivity index (χ0) is 19.6. The van der Waals surface area contributed by atoms with Gasteiger partial charge in [0.25, 0.3) is 0 Å². The van der Waals surface area contributed by atoms with E-state index in [1.54, 1.807) is 0 Å². The van der Waals surface area contributed by atoms with Crippen molar-refractivity contribution >= 4 is 19.7 Å². The fourth-order valence-electron chi connectivity index (χ4n) is 1.79. The van der Waals surface area contributed by atoms with Crippen molar-refractivity contribution in [2.45, 2.75) is 70.5 Å².